The van der Waals surface area contributed by atoms with E-state index in [9.17, 15) is 0 Å². The van der Waals surface area contributed by atoms with Crippen molar-refractivity contribution in [3.8, 4) is 85.0 Å². The number of aromatic nitrogens is 9. The first-order chi connectivity index (χ1) is 68.4. The Morgan fingerprint density at radius 1 is 0.174 bits per heavy atom. The molecule has 9 heterocycles. The maximum Gasteiger partial charge on any atom is 0.235 e. The molecule has 0 amide bonds. The van der Waals surface area contributed by atoms with Gasteiger partial charge in [-0.15, -0.1) is 11.3 Å². The topological polar surface area (TPSA) is 118 Å². The number of hydrogen-bond donors (Lipinski definition) is 0. The van der Waals surface area contributed by atoms with Gasteiger partial charge in [0.15, 0.2) is 0 Å². The van der Waals surface area contributed by atoms with Gasteiger partial charge in [-0.2, -0.15) is 0 Å². The van der Waals surface area contributed by atoms with E-state index < -0.39 is 0 Å². The maximum atomic E-state index is 6.33. The number of hydrogen-bond acceptors (Lipinski definition) is 9. The van der Waals surface area contributed by atoms with Crippen molar-refractivity contribution in [2.75, 3.05) is 0 Å². The van der Waals surface area contributed by atoms with Gasteiger partial charge in [0.05, 0.1) is 66.7 Å². The molecule has 0 aliphatic carbocycles. The summed E-state index contributed by atoms with van der Waals surface area (Å²) in [7, 11) is 0. The van der Waals surface area contributed by atoms with Gasteiger partial charge in [-0.3, -0.25) is 13.7 Å². The smallest absolute Gasteiger partial charge is 0.235 e. The summed E-state index contributed by atoms with van der Waals surface area (Å²) in [5, 5.41) is 24.2. The standard InChI is InChI=1S/2C42H25N3O.C42H25N3S/c1-2-11-26(12-3-1)29-21-22-35-34(24-29)41(32-17-10-20-39-40(32)31-16-7-9-19-38(31)46-39)44-42(43-35)45-36-18-8-6-15-30(36)33-23-27-13-4-5-14-28(27)25-37(33)45;1-2-10-26(11-3-1)29-18-20-33-36(24-29)43-42(44-41(33)30-19-21-40-35(23-30)32-15-7-9-17-39(32)46-40)45-37-16-8-6-14-31(37)34-22-27-12-4-5-13-28(27)25-38(34)45;1-2-11-26(12-3-1)29-21-22-35-34(24-29)41(32-17-10-20-39-40(32)31-16-7-9-19-38(31)46-39)44-42(43-35)45-36-18-8-6-15-30(36)33-23-27-13-4-5-14-28(27)25-37(33)45/h3*1-25H. The van der Waals surface area contributed by atoms with Crippen LogP contribution in [0.25, 0.3) is 279 Å². The second-order valence-electron chi connectivity index (χ2n) is 35.5. The number of thiophene rings is 1. The van der Waals surface area contributed by atoms with E-state index in [2.05, 4.69) is 426 Å². The molecular weight excluding hydrogens is 1700 g/mol. The largest absolute Gasteiger partial charge is 0.456 e. The lowest BCUT2D eigenvalue weighted by Crippen LogP contribution is -2.03. The van der Waals surface area contributed by atoms with Crippen LogP contribution in [0.1, 0.15) is 0 Å². The monoisotopic (exact) mass is 1780 g/mol. The first-order valence-electron chi connectivity index (χ1n) is 46.5. The Balaban J connectivity index is 0.000000102. The molecule has 642 valence electrons. The van der Waals surface area contributed by atoms with Gasteiger partial charge in [0, 0.05) is 107 Å². The van der Waals surface area contributed by atoms with Crippen molar-refractivity contribution < 1.29 is 8.83 Å². The van der Waals surface area contributed by atoms with Crippen molar-refractivity contribution in [2.24, 2.45) is 0 Å². The van der Waals surface area contributed by atoms with Crippen LogP contribution in [0.4, 0.5) is 0 Å². The Labute approximate surface area is 792 Å². The predicted octanol–water partition coefficient (Wildman–Crippen LogP) is 33.8. The first-order valence-corrected chi connectivity index (χ1v) is 47.3. The van der Waals surface area contributed by atoms with E-state index in [1.54, 1.807) is 0 Å². The molecule has 0 saturated heterocycles. The summed E-state index contributed by atoms with van der Waals surface area (Å²) in [6, 6.07) is 160. The molecule has 30 aromatic rings. The zero-order valence-electron chi connectivity index (χ0n) is 74.1. The minimum absolute atomic E-state index is 0.640. The minimum atomic E-state index is 0.640. The fraction of sp³-hybridized carbons (Fsp3) is 0. The van der Waals surface area contributed by atoms with Crippen LogP contribution in [0.15, 0.2) is 464 Å². The fourth-order valence-electron chi connectivity index (χ4n) is 21.1. The first kappa shape index (κ1) is 78.3. The van der Waals surface area contributed by atoms with Crippen LogP contribution < -0.4 is 0 Å². The summed E-state index contributed by atoms with van der Waals surface area (Å²) < 4.78 is 21.7. The van der Waals surface area contributed by atoms with Crippen molar-refractivity contribution >= 4 is 206 Å². The number of nitrogens with zero attached hydrogens (tertiary/aromatic N) is 9. The number of para-hydroxylation sites is 5. The molecule has 0 bridgehead atoms. The van der Waals surface area contributed by atoms with Gasteiger partial charge in [-0.25, -0.2) is 29.9 Å². The average Bonchev–Trinajstić information content (AvgIpc) is 1.55. The third kappa shape index (κ3) is 12.9. The maximum absolute atomic E-state index is 6.33. The lowest BCUT2D eigenvalue weighted by molar-refractivity contribution is 0.668. The lowest BCUT2D eigenvalue weighted by Gasteiger charge is -2.14. The minimum Gasteiger partial charge on any atom is -0.456 e. The molecule has 12 heteroatoms. The number of fused-ring (bicyclic) bond motifs is 24. The van der Waals surface area contributed by atoms with E-state index in [-0.39, 0.29) is 0 Å². The van der Waals surface area contributed by atoms with Gasteiger partial charge < -0.3 is 8.83 Å². The Hall–Kier alpha value is -18.4. The van der Waals surface area contributed by atoms with Gasteiger partial charge in [0.25, 0.3) is 0 Å². The van der Waals surface area contributed by atoms with Crippen molar-refractivity contribution in [1.29, 1.82) is 0 Å². The number of rotatable bonds is 9. The molecule has 0 atom stereocenters. The van der Waals surface area contributed by atoms with Gasteiger partial charge >= 0.3 is 0 Å². The zero-order valence-corrected chi connectivity index (χ0v) is 74.9. The number of benzene rings is 21. The third-order valence-electron chi connectivity index (χ3n) is 27.6. The van der Waals surface area contributed by atoms with E-state index >= 15 is 0 Å². The second kappa shape index (κ2) is 31.7. The van der Waals surface area contributed by atoms with E-state index in [4.69, 9.17) is 38.7 Å². The van der Waals surface area contributed by atoms with Crippen molar-refractivity contribution in [1.82, 2.24) is 43.6 Å². The zero-order chi connectivity index (χ0) is 90.6. The summed E-state index contributed by atoms with van der Waals surface area (Å²) in [6.07, 6.45) is 0. The summed E-state index contributed by atoms with van der Waals surface area (Å²) in [4.78, 5) is 32.3. The molecule has 11 nitrogen and oxygen atoms in total. The molecule has 21 aromatic carbocycles. The lowest BCUT2D eigenvalue weighted by atomic mass is 9.98. The highest BCUT2D eigenvalue weighted by Crippen LogP contribution is 2.48. The summed E-state index contributed by atoms with van der Waals surface area (Å²) >= 11 is 1.83. The quantitative estimate of drug-likeness (QED) is 0.140. The van der Waals surface area contributed by atoms with Gasteiger partial charge in [-0.1, -0.05) is 315 Å². The molecule has 0 aliphatic rings. The van der Waals surface area contributed by atoms with Crippen LogP contribution in [0.2, 0.25) is 0 Å². The summed E-state index contributed by atoms with van der Waals surface area (Å²) in [6.45, 7) is 0. The van der Waals surface area contributed by atoms with Gasteiger partial charge in [0.2, 0.25) is 17.8 Å². The molecule has 138 heavy (non-hydrogen) atoms. The number of furan rings is 2. The highest BCUT2D eigenvalue weighted by molar-refractivity contribution is 7.26. The van der Waals surface area contributed by atoms with Crippen LogP contribution in [0.5, 0.6) is 0 Å². The van der Waals surface area contributed by atoms with Crippen molar-refractivity contribution in [3.05, 3.63) is 455 Å². The highest BCUT2D eigenvalue weighted by Gasteiger charge is 2.27. The predicted molar refractivity (Wildman–Crippen MR) is 574 cm³/mol. The van der Waals surface area contributed by atoms with Crippen LogP contribution in [0.3, 0.4) is 0 Å². The third-order valence-corrected chi connectivity index (χ3v) is 28.7. The summed E-state index contributed by atoms with van der Waals surface area (Å²) in [5.74, 6) is 1.96. The molecule has 0 N–H and O–H groups in total. The van der Waals surface area contributed by atoms with E-state index in [1.165, 1.54) is 90.4 Å². The molecule has 0 fully saturated rings. The molecule has 0 spiro atoms. The van der Waals surface area contributed by atoms with E-state index in [0.29, 0.717) is 17.8 Å². The fourth-order valence-corrected chi connectivity index (χ4v) is 22.3. The highest BCUT2D eigenvalue weighted by atomic mass is 32.1. The molecular formula is C126H75N9O2S. The Morgan fingerprint density at radius 3 is 1.04 bits per heavy atom. The molecule has 9 aromatic heterocycles. The Kier molecular flexibility index (Phi) is 18.0. The Morgan fingerprint density at radius 2 is 0.529 bits per heavy atom. The van der Waals surface area contributed by atoms with E-state index in [1.807, 2.05) is 53.8 Å². The molecule has 30 rings (SSSR count). The molecule has 0 aliphatic heterocycles. The SMILES string of the molecule is c1ccc(-c2ccc3c(-c4ccc5oc6ccccc6c5c4)nc(-n4c5ccccc5c5cc6ccccc6cc54)nc3c2)cc1.c1ccc(-c2ccc3nc(-n4c5ccccc5c5cc6ccccc6cc54)nc(-c4cccc5oc6ccccc6c45)c3c2)cc1.c1ccc(-c2ccc3nc(-n4c5ccccc5c5cc6ccccc6cc54)nc(-c4cccc5sc6ccccc6c45)c3c2)cc1. The molecule has 0 radical (unpaired) electrons. The van der Waals surface area contributed by atoms with Crippen LogP contribution in [-0.4, -0.2) is 43.6 Å². The second-order valence-corrected chi connectivity index (χ2v) is 36.6. The molecule has 0 saturated carbocycles. The molecule has 0 unspecified atom stereocenters. The average molecular weight is 1780 g/mol. The van der Waals surface area contributed by atoms with Crippen LogP contribution >= 0.6 is 11.3 Å². The van der Waals surface area contributed by atoms with Crippen LogP contribution in [-0.2, 0) is 0 Å². The summed E-state index contributed by atoms with van der Waals surface area (Å²) in [5.41, 5.74) is 25.4. The van der Waals surface area contributed by atoms with E-state index in [0.717, 1.165) is 171 Å². The van der Waals surface area contributed by atoms with Gasteiger partial charge in [-0.05, 0) is 205 Å². The van der Waals surface area contributed by atoms with Crippen LogP contribution in [0, 0.1) is 0 Å². The normalized spacial score (nSPS) is 11.9. The van der Waals surface area contributed by atoms with Gasteiger partial charge in [0.1, 0.15) is 22.3 Å². The van der Waals surface area contributed by atoms with Crippen molar-refractivity contribution in [3.63, 3.8) is 0 Å². The van der Waals surface area contributed by atoms with Crippen molar-refractivity contribution in [2.45, 2.75) is 0 Å². The Bertz CT molecular complexity index is 9890.